The summed E-state index contributed by atoms with van der Waals surface area (Å²) in [4.78, 5) is 25.0. The number of carbonyl (C=O) groups is 2. The van der Waals surface area contributed by atoms with Crippen LogP contribution in [0.1, 0.15) is 57.3 Å². The van der Waals surface area contributed by atoms with Crippen LogP contribution in [0.15, 0.2) is 24.3 Å². The number of methoxy groups -OCH3 is 1. The largest absolute Gasteiger partial charge is 0.496 e. The van der Waals surface area contributed by atoms with Crippen molar-refractivity contribution in [2.24, 2.45) is 0 Å². The first-order chi connectivity index (χ1) is 11.3. The highest BCUT2D eigenvalue weighted by atomic mass is 16.5. The van der Waals surface area contributed by atoms with Gasteiger partial charge in [0.15, 0.2) is 0 Å². The van der Waals surface area contributed by atoms with Crippen LogP contribution >= 0.6 is 0 Å². The van der Waals surface area contributed by atoms with Crippen LogP contribution in [0.3, 0.4) is 0 Å². The lowest BCUT2D eigenvalue weighted by molar-refractivity contribution is -0.125. The lowest BCUT2D eigenvalue weighted by Gasteiger charge is -2.35. The maximum absolute atomic E-state index is 12.9. The summed E-state index contributed by atoms with van der Waals surface area (Å²) in [5.41, 5.74) is 2.47. The summed E-state index contributed by atoms with van der Waals surface area (Å²) < 4.78 is 5.24. The zero-order valence-corrected chi connectivity index (χ0v) is 15.1. The first kappa shape index (κ1) is 19.6. The second-order valence-corrected chi connectivity index (χ2v) is 6.33. The summed E-state index contributed by atoms with van der Waals surface area (Å²) >= 11 is 0. The van der Waals surface area contributed by atoms with Gasteiger partial charge in [0.1, 0.15) is 5.75 Å². The van der Waals surface area contributed by atoms with Gasteiger partial charge in [-0.05, 0) is 39.3 Å². The Kier molecular flexibility index (Phi) is 7.31. The Bertz CT molecular complexity index is 636. The van der Waals surface area contributed by atoms with Crippen molar-refractivity contribution in [2.45, 2.75) is 52.5 Å². The molecule has 24 heavy (non-hydrogen) atoms. The molecule has 5 nitrogen and oxygen atoms in total. The Morgan fingerprint density at radius 1 is 1.21 bits per heavy atom. The van der Waals surface area contributed by atoms with Crippen LogP contribution in [-0.4, -0.2) is 29.5 Å². The maximum Gasteiger partial charge on any atom is 0.276 e. The molecule has 0 aromatic heterocycles. The first-order valence-corrected chi connectivity index (χ1v) is 8.04. The molecule has 0 aliphatic heterocycles. The Labute approximate surface area is 144 Å². The summed E-state index contributed by atoms with van der Waals surface area (Å²) in [6.45, 7) is 7.58. The molecule has 0 aliphatic rings. The maximum atomic E-state index is 12.9. The molecule has 0 aliphatic carbocycles. The fraction of sp³-hybridized carbons (Fsp3) is 0.474. The number of nitrogens with zero attached hydrogens (tertiary/aromatic N) is 1. The zero-order valence-electron chi connectivity index (χ0n) is 15.1. The van der Waals surface area contributed by atoms with Gasteiger partial charge in [-0.3, -0.25) is 15.0 Å². The van der Waals surface area contributed by atoms with E-state index in [4.69, 9.17) is 4.74 Å². The van der Waals surface area contributed by atoms with Gasteiger partial charge in [-0.15, -0.1) is 5.92 Å². The van der Waals surface area contributed by atoms with Crippen LogP contribution in [0.4, 0.5) is 0 Å². The first-order valence-electron chi connectivity index (χ1n) is 8.04. The Morgan fingerprint density at radius 2 is 1.88 bits per heavy atom. The Hall–Kier alpha value is -2.48. The van der Waals surface area contributed by atoms with Gasteiger partial charge < -0.3 is 4.74 Å². The molecule has 0 atom stereocenters. The van der Waals surface area contributed by atoms with Crippen molar-refractivity contribution in [3.8, 4) is 17.6 Å². The van der Waals surface area contributed by atoms with Crippen molar-refractivity contribution in [2.75, 3.05) is 7.11 Å². The van der Waals surface area contributed by atoms with Crippen molar-refractivity contribution < 1.29 is 14.3 Å². The standard InChI is InChI=1S/C19H26N2O3/c1-6-7-8-9-14-17(22)20-21(19(2,3)4)18(23)15-12-10-11-13-16(15)24-5/h10-13H,6-7,14H2,1-5H3,(H,20,22). The van der Waals surface area contributed by atoms with Crippen LogP contribution in [0.25, 0.3) is 0 Å². The van der Waals surface area contributed by atoms with Crippen molar-refractivity contribution in [1.29, 1.82) is 0 Å². The lowest BCUT2D eigenvalue weighted by atomic mass is 10.1. The molecule has 0 bridgehead atoms. The minimum Gasteiger partial charge on any atom is -0.496 e. The van der Waals surface area contributed by atoms with E-state index >= 15 is 0 Å². The number of carbonyl (C=O) groups excluding carboxylic acids is 2. The summed E-state index contributed by atoms with van der Waals surface area (Å²) in [5, 5.41) is 1.33. The van der Waals surface area contributed by atoms with E-state index in [9.17, 15) is 9.59 Å². The number of hydrogen-bond acceptors (Lipinski definition) is 3. The molecule has 0 fully saturated rings. The van der Waals surface area contributed by atoms with E-state index in [1.54, 1.807) is 24.3 Å². The lowest BCUT2D eigenvalue weighted by Crippen LogP contribution is -2.55. The highest BCUT2D eigenvalue weighted by Gasteiger charge is 2.30. The normalized spacial score (nSPS) is 10.4. The van der Waals surface area contributed by atoms with E-state index in [1.165, 1.54) is 12.1 Å². The van der Waals surface area contributed by atoms with E-state index in [0.29, 0.717) is 11.3 Å². The summed E-state index contributed by atoms with van der Waals surface area (Å²) in [6, 6.07) is 6.94. The third kappa shape index (κ3) is 5.62. The highest BCUT2D eigenvalue weighted by Crippen LogP contribution is 2.22. The number of hydrogen-bond donors (Lipinski definition) is 1. The van der Waals surface area contributed by atoms with Gasteiger partial charge in [-0.25, -0.2) is 5.01 Å². The predicted molar refractivity (Wildman–Crippen MR) is 94.4 cm³/mol. The number of benzene rings is 1. The number of hydrazine groups is 1. The van der Waals surface area contributed by atoms with E-state index in [1.807, 2.05) is 27.7 Å². The van der Waals surface area contributed by atoms with Gasteiger partial charge in [0, 0.05) is 6.42 Å². The molecular weight excluding hydrogens is 304 g/mol. The van der Waals surface area contributed by atoms with E-state index in [0.717, 1.165) is 12.8 Å². The Morgan fingerprint density at radius 3 is 2.46 bits per heavy atom. The number of nitrogens with one attached hydrogen (secondary N) is 1. The molecule has 0 unspecified atom stereocenters. The topological polar surface area (TPSA) is 58.6 Å². The molecule has 1 rings (SSSR count). The fourth-order valence-electron chi connectivity index (χ4n) is 1.99. The van der Waals surface area contributed by atoms with Gasteiger partial charge >= 0.3 is 0 Å². The average molecular weight is 330 g/mol. The second kappa shape index (κ2) is 8.97. The number of amides is 2. The van der Waals surface area contributed by atoms with Crippen molar-refractivity contribution in [3.63, 3.8) is 0 Å². The smallest absolute Gasteiger partial charge is 0.276 e. The molecule has 1 N–H and O–H groups in total. The zero-order chi connectivity index (χ0) is 18.2. The molecule has 0 spiro atoms. The van der Waals surface area contributed by atoms with Crippen LogP contribution in [0.2, 0.25) is 0 Å². The number of rotatable bonds is 4. The van der Waals surface area contributed by atoms with Crippen LogP contribution in [0.5, 0.6) is 5.75 Å². The van der Waals surface area contributed by atoms with Gasteiger partial charge in [0.2, 0.25) is 0 Å². The van der Waals surface area contributed by atoms with Crippen LogP contribution < -0.4 is 10.2 Å². The highest BCUT2D eigenvalue weighted by molar-refractivity contribution is 5.98. The van der Waals surface area contributed by atoms with Gasteiger partial charge in [-0.2, -0.15) is 0 Å². The van der Waals surface area contributed by atoms with E-state index in [-0.39, 0.29) is 18.2 Å². The second-order valence-electron chi connectivity index (χ2n) is 6.33. The monoisotopic (exact) mass is 330 g/mol. The van der Waals surface area contributed by atoms with Gasteiger partial charge in [0.05, 0.1) is 24.6 Å². The van der Waals surface area contributed by atoms with Crippen LogP contribution in [-0.2, 0) is 4.79 Å². The van der Waals surface area contributed by atoms with Crippen molar-refractivity contribution in [1.82, 2.24) is 10.4 Å². The average Bonchev–Trinajstić information content (AvgIpc) is 2.55. The van der Waals surface area contributed by atoms with Crippen molar-refractivity contribution >= 4 is 11.8 Å². The van der Waals surface area contributed by atoms with E-state index < -0.39 is 5.54 Å². The molecule has 1 aromatic carbocycles. The minimum atomic E-state index is -0.593. The molecule has 0 saturated carbocycles. The number of ether oxygens (including phenoxy) is 1. The third-order valence-electron chi connectivity index (χ3n) is 3.20. The molecule has 2 amide bonds. The molecule has 130 valence electrons. The minimum absolute atomic E-state index is 0.0613. The molecule has 5 heteroatoms. The quantitative estimate of drug-likeness (QED) is 0.681. The number of unbranched alkanes of at least 4 members (excludes halogenated alkanes) is 1. The SMILES string of the molecule is CCCC#CCC(=O)NN(C(=O)c1ccccc1OC)C(C)(C)C. The third-order valence-corrected chi connectivity index (χ3v) is 3.20. The van der Waals surface area contributed by atoms with E-state index in [2.05, 4.69) is 17.3 Å². The molecule has 0 radical (unpaired) electrons. The number of para-hydroxylation sites is 1. The molecular formula is C19H26N2O3. The van der Waals surface area contributed by atoms with Crippen LogP contribution in [0, 0.1) is 11.8 Å². The summed E-state index contributed by atoms with van der Waals surface area (Å²) in [6.07, 6.45) is 1.78. The molecule has 0 saturated heterocycles. The Balaban J connectivity index is 2.96. The van der Waals surface area contributed by atoms with Gasteiger partial charge in [-0.1, -0.05) is 25.0 Å². The summed E-state index contributed by atoms with van der Waals surface area (Å²) in [5.74, 6) is 5.58. The predicted octanol–water partition coefficient (Wildman–Crippen LogP) is 3.16. The fourth-order valence-corrected chi connectivity index (χ4v) is 1.99. The van der Waals surface area contributed by atoms with Crippen molar-refractivity contribution in [3.05, 3.63) is 29.8 Å². The molecule has 0 heterocycles. The molecule has 1 aromatic rings. The van der Waals surface area contributed by atoms with Gasteiger partial charge in [0.25, 0.3) is 11.8 Å². The summed E-state index contributed by atoms with van der Waals surface area (Å²) in [7, 11) is 1.51.